The Kier molecular flexibility index (Phi) is 7.16. The molecule has 0 aliphatic heterocycles. The smallest absolute Gasteiger partial charge is 0.238 e. The number of carbonyl (C=O) groups excluding carboxylic acids is 2. The van der Waals surface area contributed by atoms with Crippen molar-refractivity contribution < 1.29 is 9.59 Å². The SMILES string of the molecule is Cc1ccc(C(NC(=O)CN(C)CC(=O)Nc2ccccc2)c2cccs2)cc1. The highest BCUT2D eigenvalue weighted by molar-refractivity contribution is 7.10. The van der Waals surface area contributed by atoms with E-state index in [1.54, 1.807) is 23.3 Å². The molecule has 1 aromatic heterocycles. The first-order valence-corrected chi connectivity index (χ1v) is 10.3. The number of rotatable bonds is 8. The second kappa shape index (κ2) is 10.0. The van der Waals surface area contributed by atoms with Crippen LogP contribution in [0.2, 0.25) is 0 Å². The molecule has 1 unspecified atom stereocenters. The van der Waals surface area contributed by atoms with E-state index in [4.69, 9.17) is 0 Å². The molecule has 1 atom stereocenters. The van der Waals surface area contributed by atoms with Crippen LogP contribution in [0.1, 0.15) is 22.0 Å². The number of benzene rings is 2. The van der Waals surface area contributed by atoms with E-state index in [-0.39, 0.29) is 30.9 Å². The summed E-state index contributed by atoms with van der Waals surface area (Å²) in [4.78, 5) is 27.6. The van der Waals surface area contributed by atoms with Crippen molar-refractivity contribution in [2.45, 2.75) is 13.0 Å². The van der Waals surface area contributed by atoms with Crippen LogP contribution in [0, 0.1) is 6.92 Å². The van der Waals surface area contributed by atoms with Gasteiger partial charge >= 0.3 is 0 Å². The Morgan fingerprint density at radius 3 is 2.28 bits per heavy atom. The number of anilines is 1. The van der Waals surface area contributed by atoms with Crippen LogP contribution >= 0.6 is 11.3 Å². The number of carbonyl (C=O) groups is 2. The average molecular weight is 408 g/mol. The van der Waals surface area contributed by atoms with Gasteiger partial charge in [-0.2, -0.15) is 0 Å². The maximum absolute atomic E-state index is 12.7. The average Bonchev–Trinajstić information content (AvgIpc) is 3.22. The third kappa shape index (κ3) is 6.27. The number of para-hydroxylation sites is 1. The third-order valence-electron chi connectivity index (χ3n) is 4.43. The van der Waals surface area contributed by atoms with Gasteiger partial charge in [-0.15, -0.1) is 11.3 Å². The van der Waals surface area contributed by atoms with Gasteiger partial charge in [-0.25, -0.2) is 0 Å². The quantitative estimate of drug-likeness (QED) is 0.597. The van der Waals surface area contributed by atoms with Crippen molar-refractivity contribution in [3.63, 3.8) is 0 Å². The van der Waals surface area contributed by atoms with Crippen molar-refractivity contribution in [3.8, 4) is 0 Å². The largest absolute Gasteiger partial charge is 0.343 e. The molecule has 3 aromatic rings. The molecule has 2 amide bonds. The van der Waals surface area contributed by atoms with Gasteiger partial charge in [0.2, 0.25) is 11.8 Å². The van der Waals surface area contributed by atoms with Gasteiger partial charge in [-0.05, 0) is 43.1 Å². The zero-order valence-electron chi connectivity index (χ0n) is 16.6. The number of likely N-dealkylation sites (N-methyl/N-ethyl adjacent to an activating group) is 1. The number of hydrogen-bond donors (Lipinski definition) is 2. The fourth-order valence-electron chi connectivity index (χ4n) is 3.01. The predicted molar refractivity (Wildman–Crippen MR) is 118 cm³/mol. The van der Waals surface area contributed by atoms with E-state index in [0.717, 1.165) is 16.1 Å². The minimum atomic E-state index is -0.199. The molecule has 0 fully saturated rings. The first-order chi connectivity index (χ1) is 14.0. The number of amides is 2. The zero-order chi connectivity index (χ0) is 20.6. The number of hydrogen-bond acceptors (Lipinski definition) is 4. The van der Waals surface area contributed by atoms with Crippen LogP contribution in [0.15, 0.2) is 72.1 Å². The number of thiophene rings is 1. The van der Waals surface area contributed by atoms with Crippen LogP contribution < -0.4 is 10.6 Å². The summed E-state index contributed by atoms with van der Waals surface area (Å²) in [5.74, 6) is -0.279. The van der Waals surface area contributed by atoms with Crippen LogP contribution in [-0.4, -0.2) is 36.9 Å². The molecule has 2 N–H and O–H groups in total. The molecule has 0 saturated carbocycles. The molecule has 0 spiro atoms. The lowest BCUT2D eigenvalue weighted by Gasteiger charge is -2.21. The highest BCUT2D eigenvalue weighted by Crippen LogP contribution is 2.26. The fraction of sp³-hybridized carbons (Fsp3) is 0.217. The molecule has 5 nitrogen and oxygen atoms in total. The van der Waals surface area contributed by atoms with E-state index in [2.05, 4.69) is 10.6 Å². The Balaban J connectivity index is 1.58. The molecule has 2 aromatic carbocycles. The molecule has 29 heavy (non-hydrogen) atoms. The van der Waals surface area contributed by atoms with Crippen LogP contribution in [-0.2, 0) is 9.59 Å². The zero-order valence-corrected chi connectivity index (χ0v) is 17.4. The summed E-state index contributed by atoms with van der Waals surface area (Å²) in [5.41, 5.74) is 2.96. The van der Waals surface area contributed by atoms with Gasteiger partial charge in [0, 0.05) is 10.6 Å². The molecule has 1 heterocycles. The van der Waals surface area contributed by atoms with Gasteiger partial charge < -0.3 is 10.6 Å². The minimum absolute atomic E-state index is 0.126. The minimum Gasteiger partial charge on any atom is -0.343 e. The second-order valence-corrected chi connectivity index (χ2v) is 7.99. The summed E-state index contributed by atoms with van der Waals surface area (Å²) in [6.07, 6.45) is 0. The summed E-state index contributed by atoms with van der Waals surface area (Å²) >= 11 is 1.61. The lowest BCUT2D eigenvalue weighted by molar-refractivity contribution is -0.123. The van der Waals surface area contributed by atoms with E-state index in [1.165, 1.54) is 5.56 Å². The van der Waals surface area contributed by atoms with E-state index >= 15 is 0 Å². The van der Waals surface area contributed by atoms with Gasteiger partial charge in [0.15, 0.2) is 0 Å². The van der Waals surface area contributed by atoms with Gasteiger partial charge in [0.25, 0.3) is 0 Å². The number of aryl methyl sites for hydroxylation is 1. The van der Waals surface area contributed by atoms with E-state index in [0.29, 0.717) is 0 Å². The molecule has 0 bridgehead atoms. The lowest BCUT2D eigenvalue weighted by Crippen LogP contribution is -2.40. The highest BCUT2D eigenvalue weighted by Gasteiger charge is 2.19. The summed E-state index contributed by atoms with van der Waals surface area (Å²) in [6, 6.07) is 21.2. The second-order valence-electron chi connectivity index (χ2n) is 7.01. The van der Waals surface area contributed by atoms with Gasteiger partial charge in [0.1, 0.15) is 0 Å². The van der Waals surface area contributed by atoms with Crippen LogP contribution in [0.3, 0.4) is 0 Å². The Hall–Kier alpha value is -2.96. The Morgan fingerprint density at radius 2 is 1.62 bits per heavy atom. The monoisotopic (exact) mass is 407 g/mol. The van der Waals surface area contributed by atoms with Gasteiger partial charge in [0.05, 0.1) is 19.1 Å². The Labute approximate surface area is 175 Å². The first kappa shape index (κ1) is 20.8. The Morgan fingerprint density at radius 1 is 0.931 bits per heavy atom. The van der Waals surface area contributed by atoms with Crippen molar-refractivity contribution >= 4 is 28.8 Å². The summed E-state index contributed by atoms with van der Waals surface area (Å²) in [5, 5.41) is 7.94. The van der Waals surface area contributed by atoms with Crippen molar-refractivity contribution in [1.29, 1.82) is 0 Å². The molecule has 0 aliphatic rings. The van der Waals surface area contributed by atoms with E-state index in [1.807, 2.05) is 79.0 Å². The molecule has 3 rings (SSSR count). The number of nitrogens with zero attached hydrogens (tertiary/aromatic N) is 1. The predicted octanol–water partition coefficient (Wildman–Crippen LogP) is 3.83. The molecule has 0 aliphatic carbocycles. The van der Waals surface area contributed by atoms with Gasteiger partial charge in [-0.1, -0.05) is 54.1 Å². The maximum atomic E-state index is 12.7. The molecule has 0 radical (unpaired) electrons. The first-order valence-electron chi connectivity index (χ1n) is 9.44. The van der Waals surface area contributed by atoms with Crippen LogP contribution in [0.5, 0.6) is 0 Å². The summed E-state index contributed by atoms with van der Waals surface area (Å²) < 4.78 is 0. The van der Waals surface area contributed by atoms with Crippen molar-refractivity contribution in [1.82, 2.24) is 10.2 Å². The highest BCUT2D eigenvalue weighted by atomic mass is 32.1. The fourth-order valence-corrected chi connectivity index (χ4v) is 3.81. The molecule has 6 heteroatoms. The summed E-state index contributed by atoms with van der Waals surface area (Å²) in [7, 11) is 1.76. The van der Waals surface area contributed by atoms with E-state index < -0.39 is 0 Å². The topological polar surface area (TPSA) is 61.4 Å². The summed E-state index contributed by atoms with van der Waals surface area (Å²) in [6.45, 7) is 2.31. The Bertz CT molecular complexity index is 925. The molecule has 150 valence electrons. The van der Waals surface area contributed by atoms with E-state index in [9.17, 15) is 9.59 Å². The van der Waals surface area contributed by atoms with Crippen molar-refractivity contribution in [3.05, 3.63) is 88.1 Å². The van der Waals surface area contributed by atoms with Crippen molar-refractivity contribution in [2.75, 3.05) is 25.5 Å². The third-order valence-corrected chi connectivity index (χ3v) is 5.37. The van der Waals surface area contributed by atoms with Crippen LogP contribution in [0.25, 0.3) is 0 Å². The lowest BCUT2D eigenvalue weighted by atomic mass is 10.0. The van der Waals surface area contributed by atoms with Crippen LogP contribution in [0.4, 0.5) is 5.69 Å². The molecular weight excluding hydrogens is 382 g/mol. The molecule has 0 saturated heterocycles. The van der Waals surface area contributed by atoms with Gasteiger partial charge in [-0.3, -0.25) is 14.5 Å². The van der Waals surface area contributed by atoms with Crippen molar-refractivity contribution in [2.24, 2.45) is 0 Å². The molecular formula is C23H25N3O2S. The standard InChI is InChI=1S/C23H25N3O2S/c1-17-10-12-18(13-11-17)23(20-9-6-14-29-20)25-22(28)16-26(2)15-21(27)24-19-7-4-3-5-8-19/h3-14,23H,15-16H2,1-2H3,(H,24,27)(H,25,28). The number of nitrogens with one attached hydrogen (secondary N) is 2. The normalized spacial score (nSPS) is 11.8. The maximum Gasteiger partial charge on any atom is 0.238 e.